The Morgan fingerprint density at radius 2 is 1.50 bits per heavy atom. The third-order valence-corrected chi connectivity index (χ3v) is 2.52. The molecule has 0 amide bonds. The summed E-state index contributed by atoms with van der Waals surface area (Å²) >= 11 is 0. The summed E-state index contributed by atoms with van der Waals surface area (Å²) in [5, 5.41) is 2.97. The molecule has 22 heavy (non-hydrogen) atoms. The van der Waals surface area contributed by atoms with E-state index >= 15 is 0 Å². The average molecular weight is 331 g/mol. The minimum Gasteiger partial charge on any atom is -0.362 e. The summed E-state index contributed by atoms with van der Waals surface area (Å²) < 4.78 is 0. The predicted octanol–water partition coefficient (Wildman–Crippen LogP) is 5.69. The summed E-state index contributed by atoms with van der Waals surface area (Å²) in [6, 6.07) is 27.9. The molecule has 0 aliphatic carbocycles. The molecule has 0 fully saturated rings. The van der Waals surface area contributed by atoms with Gasteiger partial charge >= 0.3 is 17.1 Å². The summed E-state index contributed by atoms with van der Waals surface area (Å²) in [4.78, 5) is 0. The fourth-order valence-corrected chi connectivity index (χ4v) is 1.50. The predicted molar refractivity (Wildman–Crippen MR) is 94.4 cm³/mol. The van der Waals surface area contributed by atoms with Crippen molar-refractivity contribution in [1.29, 1.82) is 0 Å². The standard InChI is InChI=1S/C8H9N.C7H7.C5H5.Fe/c1-2-9-8-6-4-3-5-7-8;1-2-7-5-3-4-6-7;1-2-4-5-3-1;/h2-7,9H,1H2;2-6H,1H2;1-5H;/q;2*-1;+2. The van der Waals surface area contributed by atoms with Gasteiger partial charge in [0, 0.05) is 5.69 Å². The Bertz CT molecular complexity index is 548. The molecule has 0 radical (unpaired) electrons. The Morgan fingerprint density at radius 3 is 1.86 bits per heavy atom. The van der Waals surface area contributed by atoms with E-state index in [1.165, 1.54) is 5.56 Å². The van der Waals surface area contributed by atoms with E-state index in [1.807, 2.05) is 91.0 Å². The van der Waals surface area contributed by atoms with Crippen LogP contribution in [0.5, 0.6) is 0 Å². The van der Waals surface area contributed by atoms with Gasteiger partial charge in [0.1, 0.15) is 0 Å². The Balaban J connectivity index is 0.000000305. The topological polar surface area (TPSA) is 12.0 Å². The molecule has 0 aliphatic heterocycles. The van der Waals surface area contributed by atoms with Crippen molar-refractivity contribution in [3.8, 4) is 0 Å². The van der Waals surface area contributed by atoms with Gasteiger partial charge in [0.15, 0.2) is 0 Å². The van der Waals surface area contributed by atoms with Crippen molar-refractivity contribution in [1.82, 2.24) is 0 Å². The number of hydrogen-bond donors (Lipinski definition) is 1. The van der Waals surface area contributed by atoms with Gasteiger partial charge in [0.05, 0.1) is 0 Å². The largest absolute Gasteiger partial charge is 2.00 e. The van der Waals surface area contributed by atoms with E-state index in [0.29, 0.717) is 0 Å². The monoisotopic (exact) mass is 331 g/mol. The maximum atomic E-state index is 3.60. The van der Waals surface area contributed by atoms with Crippen LogP contribution in [0.3, 0.4) is 0 Å². The van der Waals surface area contributed by atoms with Crippen LogP contribution in [0.1, 0.15) is 5.56 Å². The smallest absolute Gasteiger partial charge is 0.362 e. The molecule has 2 heteroatoms. The molecule has 1 nitrogen and oxygen atoms in total. The van der Waals surface area contributed by atoms with Crippen molar-refractivity contribution >= 4 is 11.8 Å². The van der Waals surface area contributed by atoms with E-state index in [9.17, 15) is 0 Å². The molecule has 0 spiro atoms. The molecule has 0 bridgehead atoms. The first-order valence-corrected chi connectivity index (χ1v) is 6.80. The third kappa shape index (κ3) is 9.60. The number of benzene rings is 1. The first kappa shape index (κ1) is 19.7. The van der Waals surface area contributed by atoms with E-state index in [2.05, 4.69) is 18.5 Å². The van der Waals surface area contributed by atoms with E-state index in [-0.39, 0.29) is 17.1 Å². The summed E-state index contributed by atoms with van der Waals surface area (Å²) in [6.45, 7) is 7.15. The van der Waals surface area contributed by atoms with Crippen LogP contribution in [0.4, 0.5) is 5.69 Å². The van der Waals surface area contributed by atoms with Crippen LogP contribution in [0, 0.1) is 0 Å². The molecule has 114 valence electrons. The number of hydrogen-bond acceptors (Lipinski definition) is 1. The normalized spacial score (nSPS) is 8.00. The van der Waals surface area contributed by atoms with Gasteiger partial charge in [-0.3, -0.25) is 0 Å². The zero-order chi connectivity index (χ0) is 15.2. The minimum atomic E-state index is 0. The molecule has 0 aromatic heterocycles. The van der Waals surface area contributed by atoms with E-state index < -0.39 is 0 Å². The maximum absolute atomic E-state index is 3.60. The van der Waals surface area contributed by atoms with Gasteiger partial charge < -0.3 is 5.32 Å². The molecule has 0 atom stereocenters. The second-order valence-electron chi connectivity index (χ2n) is 4.10. The second kappa shape index (κ2) is 13.7. The van der Waals surface area contributed by atoms with Gasteiger partial charge in [0.25, 0.3) is 0 Å². The molecule has 0 aliphatic rings. The van der Waals surface area contributed by atoms with Crippen LogP contribution >= 0.6 is 0 Å². The van der Waals surface area contributed by atoms with E-state index in [1.54, 1.807) is 6.20 Å². The van der Waals surface area contributed by atoms with Crippen molar-refractivity contribution in [2.24, 2.45) is 0 Å². The number of anilines is 1. The Labute approximate surface area is 144 Å². The summed E-state index contributed by atoms with van der Waals surface area (Å²) in [5.41, 5.74) is 2.27. The van der Waals surface area contributed by atoms with E-state index in [0.717, 1.165) is 5.69 Å². The van der Waals surface area contributed by atoms with Crippen LogP contribution in [0.25, 0.3) is 6.08 Å². The molecule has 3 aromatic carbocycles. The maximum Gasteiger partial charge on any atom is 2.00 e. The van der Waals surface area contributed by atoms with Gasteiger partial charge in [-0.25, -0.2) is 12.1 Å². The van der Waals surface area contributed by atoms with Crippen LogP contribution in [-0.4, -0.2) is 0 Å². The fraction of sp³-hybridized carbons (Fsp3) is 0. The van der Waals surface area contributed by atoms with Gasteiger partial charge in [0.2, 0.25) is 0 Å². The Kier molecular flexibility index (Phi) is 12.3. The van der Waals surface area contributed by atoms with Crippen LogP contribution in [-0.2, 0) is 17.1 Å². The molecule has 0 saturated heterocycles. The molecule has 1 N–H and O–H groups in total. The Morgan fingerprint density at radius 1 is 0.818 bits per heavy atom. The fourth-order valence-electron chi connectivity index (χ4n) is 1.50. The van der Waals surface area contributed by atoms with Gasteiger partial charge in [-0.05, 0) is 18.3 Å². The van der Waals surface area contributed by atoms with E-state index in [4.69, 9.17) is 0 Å². The quantitative estimate of drug-likeness (QED) is 0.480. The summed E-state index contributed by atoms with van der Waals surface area (Å²) in [7, 11) is 0. The summed E-state index contributed by atoms with van der Waals surface area (Å²) in [5.74, 6) is 0. The molecule has 3 aromatic rings. The molecule has 0 heterocycles. The zero-order valence-electron chi connectivity index (χ0n) is 12.5. The van der Waals surface area contributed by atoms with Gasteiger partial charge in [-0.2, -0.15) is 42.0 Å². The SMILES string of the molecule is C=CNc1ccccc1.C=Cc1ccc[cH-]1.[Fe+2].c1cc[cH-]c1. The number of rotatable bonds is 3. The van der Waals surface area contributed by atoms with Gasteiger partial charge in [-0.1, -0.05) is 24.8 Å². The number of nitrogens with one attached hydrogen (secondary N) is 1. The first-order chi connectivity index (χ1) is 10.4. The average Bonchev–Trinajstić information content (AvgIpc) is 3.25. The molecular formula is C20H21FeN. The van der Waals surface area contributed by atoms with Crippen molar-refractivity contribution in [3.63, 3.8) is 0 Å². The minimum absolute atomic E-state index is 0. The van der Waals surface area contributed by atoms with Crippen molar-refractivity contribution in [2.45, 2.75) is 0 Å². The summed E-state index contributed by atoms with van der Waals surface area (Å²) in [6.07, 6.45) is 3.50. The number of para-hydroxylation sites is 1. The zero-order valence-corrected chi connectivity index (χ0v) is 13.6. The van der Waals surface area contributed by atoms with Crippen LogP contribution in [0.2, 0.25) is 0 Å². The van der Waals surface area contributed by atoms with Crippen LogP contribution in [0.15, 0.2) is 104 Å². The van der Waals surface area contributed by atoms with Crippen molar-refractivity contribution in [2.75, 3.05) is 5.32 Å². The molecule has 3 rings (SSSR count). The van der Waals surface area contributed by atoms with Crippen molar-refractivity contribution < 1.29 is 17.1 Å². The molecule has 0 unspecified atom stereocenters. The third-order valence-electron chi connectivity index (χ3n) is 2.52. The van der Waals surface area contributed by atoms with Gasteiger partial charge in [-0.15, -0.1) is 18.7 Å². The Hall–Kier alpha value is -2.28. The van der Waals surface area contributed by atoms with Crippen LogP contribution < -0.4 is 5.32 Å². The van der Waals surface area contributed by atoms with Crippen molar-refractivity contribution in [3.05, 3.63) is 110 Å². The molecule has 0 saturated carbocycles. The first-order valence-electron chi connectivity index (χ1n) is 6.80. The molecular weight excluding hydrogens is 310 g/mol. The second-order valence-corrected chi connectivity index (χ2v) is 4.10.